The summed E-state index contributed by atoms with van der Waals surface area (Å²) in [6.07, 6.45) is 0.490. The van der Waals surface area contributed by atoms with Crippen LogP contribution in [0.3, 0.4) is 0 Å². The summed E-state index contributed by atoms with van der Waals surface area (Å²) in [5.74, 6) is 0.0175. The lowest BCUT2D eigenvalue weighted by Gasteiger charge is -2.11. The molecule has 18 heavy (non-hydrogen) atoms. The average molecular weight is 240 g/mol. The fraction of sp³-hybridized carbons (Fsp3) is 0.188. The maximum absolute atomic E-state index is 12.9. The number of fused-ring (bicyclic) bond motifs is 1. The molecule has 0 amide bonds. The van der Waals surface area contributed by atoms with Crippen LogP contribution in [-0.4, -0.2) is 5.78 Å². The minimum Gasteiger partial charge on any atom is -0.294 e. The Kier molecular flexibility index (Phi) is 2.51. The van der Waals surface area contributed by atoms with Gasteiger partial charge in [-0.2, -0.15) is 0 Å². The van der Waals surface area contributed by atoms with Crippen LogP contribution in [-0.2, 0) is 0 Å². The first kappa shape index (κ1) is 11.1. The van der Waals surface area contributed by atoms with Gasteiger partial charge in [0.1, 0.15) is 5.82 Å². The molecular formula is C16H13FO. The Morgan fingerprint density at radius 1 is 1.11 bits per heavy atom. The van der Waals surface area contributed by atoms with Crippen molar-refractivity contribution in [1.29, 1.82) is 0 Å². The number of hydrogen-bond acceptors (Lipinski definition) is 1. The van der Waals surface area contributed by atoms with Crippen LogP contribution in [0.2, 0.25) is 0 Å². The number of Topliss-reactive ketones (excluding diaryl/α,β-unsaturated/α-hetero) is 1. The number of carbonyl (C=O) groups is 1. The van der Waals surface area contributed by atoms with Crippen LogP contribution in [0.1, 0.15) is 39.4 Å². The van der Waals surface area contributed by atoms with Crippen LogP contribution in [0.4, 0.5) is 4.39 Å². The molecule has 1 aliphatic rings. The molecule has 0 unspecified atom stereocenters. The van der Waals surface area contributed by atoms with Crippen molar-refractivity contribution in [2.75, 3.05) is 0 Å². The summed E-state index contributed by atoms with van der Waals surface area (Å²) < 4.78 is 12.9. The minimum atomic E-state index is -0.243. The molecule has 0 aromatic heterocycles. The molecule has 1 nitrogen and oxygen atoms in total. The summed E-state index contributed by atoms with van der Waals surface area (Å²) in [4.78, 5) is 12.0. The number of aryl methyl sites for hydroxylation is 1. The zero-order valence-corrected chi connectivity index (χ0v) is 10.1. The first-order valence-corrected chi connectivity index (χ1v) is 6.04. The number of rotatable bonds is 1. The van der Waals surface area contributed by atoms with E-state index in [0.717, 1.165) is 22.3 Å². The molecule has 2 aromatic rings. The number of hydrogen-bond donors (Lipinski definition) is 0. The molecule has 3 rings (SSSR count). The van der Waals surface area contributed by atoms with E-state index in [1.165, 1.54) is 12.1 Å². The molecular weight excluding hydrogens is 227 g/mol. The molecule has 0 heterocycles. The van der Waals surface area contributed by atoms with E-state index >= 15 is 0 Å². The van der Waals surface area contributed by atoms with Gasteiger partial charge in [0.15, 0.2) is 5.78 Å². The Morgan fingerprint density at radius 2 is 1.83 bits per heavy atom. The van der Waals surface area contributed by atoms with Crippen molar-refractivity contribution in [3.8, 4) is 0 Å². The highest BCUT2D eigenvalue weighted by Gasteiger charge is 2.30. The van der Waals surface area contributed by atoms with E-state index in [1.54, 1.807) is 12.1 Å². The highest BCUT2D eigenvalue weighted by Crippen LogP contribution is 2.38. The van der Waals surface area contributed by atoms with E-state index in [1.807, 2.05) is 25.1 Å². The van der Waals surface area contributed by atoms with E-state index in [4.69, 9.17) is 0 Å². The summed E-state index contributed by atoms with van der Waals surface area (Å²) in [6, 6.07) is 12.4. The van der Waals surface area contributed by atoms with Crippen molar-refractivity contribution >= 4 is 5.78 Å². The first-order valence-electron chi connectivity index (χ1n) is 6.04. The van der Waals surface area contributed by atoms with Gasteiger partial charge in [0, 0.05) is 17.9 Å². The van der Waals surface area contributed by atoms with Crippen molar-refractivity contribution in [2.45, 2.75) is 19.3 Å². The Hall–Kier alpha value is -1.96. The van der Waals surface area contributed by atoms with Gasteiger partial charge in [-0.1, -0.05) is 29.8 Å². The lowest BCUT2D eigenvalue weighted by atomic mass is 9.92. The van der Waals surface area contributed by atoms with Crippen LogP contribution in [0, 0.1) is 12.7 Å². The van der Waals surface area contributed by atoms with Crippen LogP contribution in [0.25, 0.3) is 0 Å². The van der Waals surface area contributed by atoms with Gasteiger partial charge < -0.3 is 0 Å². The van der Waals surface area contributed by atoms with Gasteiger partial charge >= 0.3 is 0 Å². The molecule has 0 saturated heterocycles. The summed E-state index contributed by atoms with van der Waals surface area (Å²) in [6.45, 7) is 1.98. The van der Waals surface area contributed by atoms with Crippen molar-refractivity contribution in [3.05, 3.63) is 70.5 Å². The van der Waals surface area contributed by atoms with Gasteiger partial charge in [0.2, 0.25) is 0 Å². The minimum absolute atomic E-state index is 0.0775. The van der Waals surface area contributed by atoms with Gasteiger partial charge in [0.05, 0.1) is 0 Å². The summed E-state index contributed by atoms with van der Waals surface area (Å²) in [5.41, 5.74) is 4.00. The normalized spacial score (nSPS) is 17.9. The molecule has 0 aliphatic heterocycles. The second-order valence-corrected chi connectivity index (χ2v) is 4.82. The third kappa shape index (κ3) is 1.74. The molecule has 90 valence electrons. The molecule has 1 aliphatic carbocycles. The quantitative estimate of drug-likeness (QED) is 0.740. The van der Waals surface area contributed by atoms with E-state index in [-0.39, 0.29) is 17.5 Å². The van der Waals surface area contributed by atoms with Gasteiger partial charge in [-0.15, -0.1) is 0 Å². The fourth-order valence-corrected chi connectivity index (χ4v) is 2.61. The first-order chi connectivity index (χ1) is 8.65. The Morgan fingerprint density at radius 3 is 2.56 bits per heavy atom. The predicted molar refractivity (Wildman–Crippen MR) is 68.4 cm³/mol. The zero-order chi connectivity index (χ0) is 12.7. The summed E-state index contributed by atoms with van der Waals surface area (Å²) >= 11 is 0. The number of carbonyl (C=O) groups excluding carboxylic acids is 1. The van der Waals surface area contributed by atoms with Gasteiger partial charge in [-0.3, -0.25) is 4.79 Å². The van der Waals surface area contributed by atoms with E-state index < -0.39 is 0 Å². The molecule has 2 aromatic carbocycles. The third-order valence-corrected chi connectivity index (χ3v) is 3.55. The third-order valence-electron chi connectivity index (χ3n) is 3.55. The number of halogens is 1. The van der Waals surface area contributed by atoms with Gasteiger partial charge in [-0.25, -0.2) is 4.39 Å². The number of benzene rings is 2. The van der Waals surface area contributed by atoms with E-state index in [2.05, 4.69) is 0 Å². The standard InChI is InChI=1S/C16H13FO/c1-10-2-7-13-14(9-16(18)15(13)8-10)11-3-5-12(17)6-4-11/h2-8,14H,9H2,1H3/t14-/m1/s1. The molecule has 0 spiro atoms. The molecule has 0 radical (unpaired) electrons. The smallest absolute Gasteiger partial charge is 0.164 e. The van der Waals surface area contributed by atoms with E-state index in [9.17, 15) is 9.18 Å². The molecule has 0 fully saturated rings. The average Bonchev–Trinajstić information content (AvgIpc) is 2.68. The fourth-order valence-electron chi connectivity index (χ4n) is 2.61. The predicted octanol–water partition coefficient (Wildman–Crippen LogP) is 3.85. The SMILES string of the molecule is Cc1ccc2c(c1)C(=O)C[C@@H]2c1ccc(F)cc1. The summed E-state index contributed by atoms with van der Waals surface area (Å²) in [7, 11) is 0. The lowest BCUT2D eigenvalue weighted by molar-refractivity contribution is 0.0991. The zero-order valence-electron chi connectivity index (χ0n) is 10.1. The second kappa shape index (κ2) is 4.05. The Balaban J connectivity index is 2.07. The monoisotopic (exact) mass is 240 g/mol. The lowest BCUT2D eigenvalue weighted by Crippen LogP contribution is -1.96. The van der Waals surface area contributed by atoms with Gasteiger partial charge in [-0.05, 0) is 36.2 Å². The van der Waals surface area contributed by atoms with Gasteiger partial charge in [0.25, 0.3) is 0 Å². The Bertz CT molecular complexity index is 613. The van der Waals surface area contributed by atoms with E-state index in [0.29, 0.717) is 6.42 Å². The molecule has 0 saturated carbocycles. The molecule has 1 atom stereocenters. The van der Waals surface area contributed by atoms with Crippen molar-refractivity contribution in [3.63, 3.8) is 0 Å². The number of ketones is 1. The van der Waals surface area contributed by atoms with Crippen LogP contribution >= 0.6 is 0 Å². The van der Waals surface area contributed by atoms with Crippen LogP contribution in [0.5, 0.6) is 0 Å². The summed E-state index contributed by atoms with van der Waals surface area (Å²) in [5, 5.41) is 0. The second-order valence-electron chi connectivity index (χ2n) is 4.82. The maximum atomic E-state index is 12.9. The van der Waals surface area contributed by atoms with Crippen molar-refractivity contribution < 1.29 is 9.18 Å². The largest absolute Gasteiger partial charge is 0.294 e. The Labute approximate surface area is 105 Å². The highest BCUT2D eigenvalue weighted by molar-refractivity contribution is 6.02. The van der Waals surface area contributed by atoms with Crippen LogP contribution in [0.15, 0.2) is 42.5 Å². The molecule has 0 N–H and O–H groups in total. The molecule has 0 bridgehead atoms. The topological polar surface area (TPSA) is 17.1 Å². The van der Waals surface area contributed by atoms with Crippen molar-refractivity contribution in [2.24, 2.45) is 0 Å². The maximum Gasteiger partial charge on any atom is 0.164 e. The van der Waals surface area contributed by atoms with Crippen molar-refractivity contribution in [1.82, 2.24) is 0 Å². The molecule has 2 heteroatoms. The highest BCUT2D eigenvalue weighted by atomic mass is 19.1. The van der Waals surface area contributed by atoms with Crippen LogP contribution < -0.4 is 0 Å².